The fourth-order valence-electron chi connectivity index (χ4n) is 2.78. The van der Waals surface area contributed by atoms with E-state index in [0.29, 0.717) is 12.3 Å². The number of amides is 2. The maximum atomic E-state index is 12.0. The fourth-order valence-corrected chi connectivity index (χ4v) is 2.78. The number of rotatable bonds is 6. The highest BCUT2D eigenvalue weighted by atomic mass is 16.4. The second kappa shape index (κ2) is 7.50. The van der Waals surface area contributed by atoms with E-state index in [1.54, 1.807) is 0 Å². The van der Waals surface area contributed by atoms with E-state index in [9.17, 15) is 9.59 Å². The number of aliphatic carboxylic acids is 1. The zero-order valence-electron chi connectivity index (χ0n) is 12.9. The number of carbonyl (C=O) groups excluding carboxylic acids is 1. The number of hydrogen-bond donors (Lipinski definition) is 3. The predicted octanol–water partition coefficient (Wildman–Crippen LogP) is 2.90. The van der Waals surface area contributed by atoms with Crippen molar-refractivity contribution in [3.05, 3.63) is 0 Å². The third-order valence-electron chi connectivity index (χ3n) is 4.13. The van der Waals surface area contributed by atoms with E-state index < -0.39 is 11.5 Å². The molecule has 0 aromatic heterocycles. The van der Waals surface area contributed by atoms with Crippen molar-refractivity contribution in [3.63, 3.8) is 0 Å². The highest BCUT2D eigenvalue weighted by molar-refractivity contribution is 5.75. The lowest BCUT2D eigenvalue weighted by molar-refractivity contribution is -0.137. The second-order valence-corrected chi connectivity index (χ2v) is 6.56. The molecule has 0 aromatic rings. The predicted molar refractivity (Wildman–Crippen MR) is 78.7 cm³/mol. The summed E-state index contributed by atoms with van der Waals surface area (Å²) >= 11 is 0. The van der Waals surface area contributed by atoms with Crippen LogP contribution in [0.3, 0.4) is 0 Å². The van der Waals surface area contributed by atoms with E-state index in [1.807, 2.05) is 13.8 Å². The van der Waals surface area contributed by atoms with Crippen LogP contribution < -0.4 is 10.6 Å². The Bertz CT molecular complexity index is 336. The first-order valence-electron chi connectivity index (χ1n) is 7.60. The Morgan fingerprint density at radius 2 is 1.85 bits per heavy atom. The van der Waals surface area contributed by atoms with Crippen molar-refractivity contribution in [3.8, 4) is 0 Å². The zero-order valence-corrected chi connectivity index (χ0v) is 12.9. The van der Waals surface area contributed by atoms with Gasteiger partial charge < -0.3 is 15.7 Å². The minimum atomic E-state index is -0.837. The molecular formula is C15H28N2O3. The molecule has 0 heterocycles. The molecule has 1 aliphatic rings. The maximum absolute atomic E-state index is 12.0. The molecule has 0 aromatic carbocycles. The van der Waals surface area contributed by atoms with Crippen molar-refractivity contribution in [2.45, 2.75) is 77.3 Å². The average molecular weight is 284 g/mol. The summed E-state index contributed by atoms with van der Waals surface area (Å²) in [6.45, 7) is 5.75. The Morgan fingerprint density at radius 3 is 2.40 bits per heavy atom. The number of hydrogen-bond acceptors (Lipinski definition) is 2. The summed E-state index contributed by atoms with van der Waals surface area (Å²) in [5.41, 5.74) is -0.505. The minimum Gasteiger partial charge on any atom is -0.481 e. The van der Waals surface area contributed by atoms with Crippen LogP contribution in [0.4, 0.5) is 4.79 Å². The summed E-state index contributed by atoms with van der Waals surface area (Å²) in [6, 6.07) is -0.0240. The van der Waals surface area contributed by atoms with Crippen molar-refractivity contribution in [2.24, 2.45) is 5.92 Å². The first-order valence-corrected chi connectivity index (χ1v) is 7.60. The van der Waals surface area contributed by atoms with E-state index in [0.717, 1.165) is 0 Å². The molecule has 1 fully saturated rings. The van der Waals surface area contributed by atoms with Gasteiger partial charge in [-0.2, -0.15) is 0 Å². The summed E-state index contributed by atoms with van der Waals surface area (Å²) in [5.74, 6) is -0.271. The van der Waals surface area contributed by atoms with Gasteiger partial charge in [-0.15, -0.1) is 0 Å². The van der Waals surface area contributed by atoms with Crippen LogP contribution in [0.25, 0.3) is 0 Å². The summed E-state index contributed by atoms with van der Waals surface area (Å²) in [4.78, 5) is 22.6. The first-order chi connectivity index (χ1) is 9.30. The minimum absolute atomic E-state index is 0.0610. The standard InChI is InChI=1S/C15H28N2O3/c1-11(12-7-5-4-6-8-12)16-14(20)17-15(2,3)10-9-13(18)19/h11-12H,4-10H2,1-3H3,(H,18,19)(H2,16,17,20). The largest absolute Gasteiger partial charge is 0.481 e. The molecule has 20 heavy (non-hydrogen) atoms. The Morgan fingerprint density at radius 1 is 1.25 bits per heavy atom. The van der Waals surface area contributed by atoms with Gasteiger partial charge in [-0.3, -0.25) is 4.79 Å². The van der Waals surface area contributed by atoms with Crippen molar-refractivity contribution in [2.75, 3.05) is 0 Å². The smallest absolute Gasteiger partial charge is 0.315 e. The van der Waals surface area contributed by atoms with Gasteiger partial charge in [0.15, 0.2) is 0 Å². The zero-order chi connectivity index (χ0) is 15.2. The van der Waals surface area contributed by atoms with Crippen LogP contribution in [0.2, 0.25) is 0 Å². The van der Waals surface area contributed by atoms with Gasteiger partial charge >= 0.3 is 12.0 Å². The molecule has 2 amide bonds. The van der Waals surface area contributed by atoms with Crippen LogP contribution >= 0.6 is 0 Å². The molecule has 1 unspecified atom stereocenters. The fraction of sp³-hybridized carbons (Fsp3) is 0.867. The van der Waals surface area contributed by atoms with E-state index in [4.69, 9.17) is 5.11 Å². The van der Waals surface area contributed by atoms with E-state index in [2.05, 4.69) is 17.6 Å². The van der Waals surface area contributed by atoms with Gasteiger partial charge in [0.2, 0.25) is 0 Å². The monoisotopic (exact) mass is 284 g/mol. The van der Waals surface area contributed by atoms with Crippen molar-refractivity contribution < 1.29 is 14.7 Å². The Kier molecular flexibility index (Phi) is 6.30. The molecule has 0 radical (unpaired) electrons. The Labute approximate surface area is 121 Å². The quantitative estimate of drug-likeness (QED) is 0.701. The topological polar surface area (TPSA) is 78.4 Å². The molecule has 3 N–H and O–H groups in total. The normalized spacial score (nSPS) is 18.4. The Hall–Kier alpha value is -1.26. The summed E-state index contributed by atoms with van der Waals surface area (Å²) in [7, 11) is 0. The van der Waals surface area contributed by atoms with Gasteiger partial charge in [-0.1, -0.05) is 19.3 Å². The molecule has 5 heteroatoms. The van der Waals surface area contributed by atoms with Crippen LogP contribution in [0.5, 0.6) is 0 Å². The van der Waals surface area contributed by atoms with Crippen LogP contribution in [0, 0.1) is 5.92 Å². The van der Waals surface area contributed by atoms with Crippen molar-refractivity contribution in [1.82, 2.24) is 10.6 Å². The molecule has 0 aliphatic heterocycles. The molecule has 5 nitrogen and oxygen atoms in total. The van der Waals surface area contributed by atoms with Crippen LogP contribution in [0.1, 0.15) is 65.7 Å². The molecule has 0 spiro atoms. The van der Waals surface area contributed by atoms with Crippen LogP contribution in [-0.2, 0) is 4.79 Å². The first kappa shape index (κ1) is 16.8. The summed E-state index contributed by atoms with van der Waals surface area (Å²) in [6.07, 6.45) is 6.66. The number of nitrogens with one attached hydrogen (secondary N) is 2. The van der Waals surface area contributed by atoms with Gasteiger partial charge in [0.1, 0.15) is 0 Å². The molecule has 1 atom stereocenters. The molecule has 1 saturated carbocycles. The lowest BCUT2D eigenvalue weighted by atomic mass is 9.84. The second-order valence-electron chi connectivity index (χ2n) is 6.56. The molecule has 1 aliphatic carbocycles. The van der Waals surface area contributed by atoms with Crippen molar-refractivity contribution in [1.29, 1.82) is 0 Å². The molecule has 116 valence electrons. The lowest BCUT2D eigenvalue weighted by Gasteiger charge is -2.31. The number of carboxylic acids is 1. The van der Waals surface area contributed by atoms with E-state index >= 15 is 0 Å². The maximum Gasteiger partial charge on any atom is 0.315 e. The Balaban J connectivity index is 2.35. The van der Waals surface area contributed by atoms with Gasteiger partial charge in [-0.05, 0) is 46.0 Å². The van der Waals surface area contributed by atoms with Gasteiger partial charge in [0.25, 0.3) is 0 Å². The van der Waals surface area contributed by atoms with Crippen molar-refractivity contribution >= 4 is 12.0 Å². The van der Waals surface area contributed by atoms with Gasteiger partial charge in [0.05, 0.1) is 0 Å². The highest BCUT2D eigenvalue weighted by Gasteiger charge is 2.25. The SMILES string of the molecule is CC(NC(=O)NC(C)(C)CCC(=O)O)C1CCCCC1. The van der Waals surface area contributed by atoms with E-state index in [-0.39, 0.29) is 18.5 Å². The third kappa shape index (κ3) is 6.26. The third-order valence-corrected chi connectivity index (χ3v) is 4.13. The molecule has 1 rings (SSSR count). The molecular weight excluding hydrogens is 256 g/mol. The number of carboxylic acid groups (broad SMARTS) is 1. The average Bonchev–Trinajstić information content (AvgIpc) is 2.37. The summed E-state index contributed by atoms with van der Waals surface area (Å²) in [5, 5.41) is 14.6. The van der Waals surface area contributed by atoms with Crippen LogP contribution in [0.15, 0.2) is 0 Å². The van der Waals surface area contributed by atoms with Gasteiger partial charge in [0, 0.05) is 18.0 Å². The number of urea groups is 1. The number of carbonyl (C=O) groups is 2. The molecule has 0 bridgehead atoms. The summed E-state index contributed by atoms with van der Waals surface area (Å²) < 4.78 is 0. The highest BCUT2D eigenvalue weighted by Crippen LogP contribution is 2.26. The van der Waals surface area contributed by atoms with Crippen LogP contribution in [-0.4, -0.2) is 28.7 Å². The van der Waals surface area contributed by atoms with E-state index in [1.165, 1.54) is 32.1 Å². The van der Waals surface area contributed by atoms with Gasteiger partial charge in [-0.25, -0.2) is 4.79 Å². The molecule has 0 saturated heterocycles. The lowest BCUT2D eigenvalue weighted by Crippen LogP contribution is -2.52.